The van der Waals surface area contributed by atoms with Crippen molar-refractivity contribution in [2.45, 2.75) is 30.3 Å². The monoisotopic (exact) mass is 481 g/mol. The van der Waals surface area contributed by atoms with Crippen LogP contribution in [0.5, 0.6) is 0 Å². The fourth-order valence-electron chi connectivity index (χ4n) is 3.41. The molecule has 1 aromatic carbocycles. The largest absolute Gasteiger partial charge is 0.468 e. The van der Waals surface area contributed by atoms with Crippen LogP contribution in [-0.2, 0) is 31.4 Å². The zero-order valence-electron chi connectivity index (χ0n) is 18.0. The molecule has 3 rings (SSSR count). The third kappa shape index (κ3) is 6.28. The number of benzene rings is 1. The standard InChI is InChI=1S/C21H27N3O6S2/c1-23(31(2,26)27)18-11-13-24(14-12-18)21(25)10-7-17-5-8-20(9-6-17)32(28,29)22-16-19-4-3-15-30-19/h3-10,15,18,22H,11-14,16H2,1-2H3/b10-7+. The van der Waals surface area contributed by atoms with Crippen LogP contribution in [0.4, 0.5) is 0 Å². The summed E-state index contributed by atoms with van der Waals surface area (Å²) in [4.78, 5) is 14.3. The molecule has 11 heteroatoms. The van der Waals surface area contributed by atoms with E-state index in [0.29, 0.717) is 37.3 Å². The maximum atomic E-state index is 12.5. The summed E-state index contributed by atoms with van der Waals surface area (Å²) in [5.41, 5.74) is 0.690. The summed E-state index contributed by atoms with van der Waals surface area (Å²) in [6.07, 6.45) is 6.89. The molecular weight excluding hydrogens is 454 g/mol. The van der Waals surface area contributed by atoms with Gasteiger partial charge in [0.1, 0.15) is 5.76 Å². The molecular formula is C21H27N3O6S2. The molecule has 2 heterocycles. The molecule has 1 fully saturated rings. The number of carbonyl (C=O) groups excluding carboxylic acids is 1. The minimum absolute atomic E-state index is 0.0577. The van der Waals surface area contributed by atoms with Crippen LogP contribution in [0, 0.1) is 0 Å². The van der Waals surface area contributed by atoms with E-state index in [9.17, 15) is 21.6 Å². The number of likely N-dealkylation sites (tertiary alicyclic amines) is 1. The van der Waals surface area contributed by atoms with Gasteiger partial charge in [0.25, 0.3) is 0 Å². The molecule has 0 spiro atoms. The van der Waals surface area contributed by atoms with Gasteiger partial charge < -0.3 is 9.32 Å². The Labute approximate surface area is 188 Å². The summed E-state index contributed by atoms with van der Waals surface area (Å²) in [5, 5.41) is 0. The first-order valence-corrected chi connectivity index (χ1v) is 13.4. The van der Waals surface area contributed by atoms with Gasteiger partial charge in [0, 0.05) is 32.3 Å². The quantitative estimate of drug-likeness (QED) is 0.573. The lowest BCUT2D eigenvalue weighted by Gasteiger charge is -2.35. The van der Waals surface area contributed by atoms with Gasteiger partial charge in [-0.3, -0.25) is 4.79 Å². The fourth-order valence-corrected chi connectivity index (χ4v) is 5.16. The zero-order chi connectivity index (χ0) is 23.4. The minimum Gasteiger partial charge on any atom is -0.468 e. The molecule has 0 unspecified atom stereocenters. The van der Waals surface area contributed by atoms with E-state index in [1.807, 2.05) is 0 Å². The van der Waals surface area contributed by atoms with Crippen LogP contribution < -0.4 is 4.72 Å². The van der Waals surface area contributed by atoms with E-state index in [0.717, 1.165) is 0 Å². The molecule has 0 saturated carbocycles. The molecule has 2 aromatic rings. The van der Waals surface area contributed by atoms with Crippen molar-refractivity contribution >= 4 is 32.0 Å². The number of sulfonamides is 2. The van der Waals surface area contributed by atoms with Crippen LogP contribution in [0.1, 0.15) is 24.2 Å². The summed E-state index contributed by atoms with van der Waals surface area (Å²) in [7, 11) is -5.37. The summed E-state index contributed by atoms with van der Waals surface area (Å²) < 4.78 is 57.0. The summed E-state index contributed by atoms with van der Waals surface area (Å²) in [6.45, 7) is 1.01. The van der Waals surface area contributed by atoms with E-state index in [-0.39, 0.29) is 23.4 Å². The van der Waals surface area contributed by atoms with Crippen molar-refractivity contribution in [1.29, 1.82) is 0 Å². The average Bonchev–Trinajstić information content (AvgIpc) is 3.29. The van der Waals surface area contributed by atoms with Crippen LogP contribution in [0.25, 0.3) is 6.08 Å². The van der Waals surface area contributed by atoms with E-state index >= 15 is 0 Å². The summed E-state index contributed by atoms with van der Waals surface area (Å²) >= 11 is 0. The molecule has 1 aliphatic heterocycles. The molecule has 9 nitrogen and oxygen atoms in total. The van der Waals surface area contributed by atoms with Gasteiger partial charge in [-0.05, 0) is 48.7 Å². The molecule has 1 saturated heterocycles. The second kappa shape index (κ2) is 9.99. The Bertz CT molecular complexity index is 1150. The Morgan fingerprint density at radius 1 is 1.16 bits per heavy atom. The van der Waals surface area contributed by atoms with Crippen molar-refractivity contribution < 1.29 is 26.0 Å². The van der Waals surface area contributed by atoms with Crippen molar-refractivity contribution in [3.63, 3.8) is 0 Å². The van der Waals surface area contributed by atoms with Gasteiger partial charge in [0.05, 0.1) is 24.0 Å². The normalized spacial score (nSPS) is 16.2. The van der Waals surface area contributed by atoms with Gasteiger partial charge in [0.2, 0.25) is 26.0 Å². The molecule has 1 amide bonds. The molecule has 1 aromatic heterocycles. The SMILES string of the molecule is CN(C1CCN(C(=O)/C=C/c2ccc(S(=O)(=O)NCc3ccco3)cc2)CC1)S(C)(=O)=O. The molecule has 1 N–H and O–H groups in total. The summed E-state index contributed by atoms with van der Waals surface area (Å²) in [5.74, 6) is 0.348. The third-order valence-electron chi connectivity index (χ3n) is 5.44. The molecule has 0 atom stereocenters. The highest BCUT2D eigenvalue weighted by Crippen LogP contribution is 2.18. The molecule has 0 aliphatic carbocycles. The van der Waals surface area contributed by atoms with Gasteiger partial charge in [-0.2, -0.15) is 0 Å². The third-order valence-corrected chi connectivity index (χ3v) is 8.20. The number of nitrogens with zero attached hydrogens (tertiary/aromatic N) is 2. The smallest absolute Gasteiger partial charge is 0.246 e. The number of amides is 1. The lowest BCUT2D eigenvalue weighted by Crippen LogP contribution is -2.46. The van der Waals surface area contributed by atoms with E-state index in [1.54, 1.807) is 42.3 Å². The van der Waals surface area contributed by atoms with Gasteiger partial charge in [-0.1, -0.05) is 12.1 Å². The zero-order valence-corrected chi connectivity index (χ0v) is 19.6. The minimum atomic E-state index is -3.68. The Hall–Kier alpha value is -2.47. The van der Waals surface area contributed by atoms with E-state index in [4.69, 9.17) is 4.42 Å². The van der Waals surface area contributed by atoms with Crippen LogP contribution in [-0.4, -0.2) is 64.4 Å². The first-order chi connectivity index (χ1) is 15.1. The highest BCUT2D eigenvalue weighted by molar-refractivity contribution is 7.89. The molecule has 0 bridgehead atoms. The lowest BCUT2D eigenvalue weighted by atomic mass is 10.1. The van der Waals surface area contributed by atoms with E-state index in [2.05, 4.69) is 4.72 Å². The molecule has 174 valence electrons. The van der Waals surface area contributed by atoms with Crippen LogP contribution in [0.2, 0.25) is 0 Å². The van der Waals surface area contributed by atoms with Crippen molar-refractivity contribution in [1.82, 2.24) is 13.9 Å². The fraction of sp³-hybridized carbons (Fsp3) is 0.381. The Balaban J connectivity index is 1.54. The Morgan fingerprint density at radius 2 is 1.81 bits per heavy atom. The highest BCUT2D eigenvalue weighted by atomic mass is 32.2. The van der Waals surface area contributed by atoms with Gasteiger partial charge in [0.15, 0.2) is 0 Å². The number of carbonyl (C=O) groups is 1. The van der Waals surface area contributed by atoms with E-state index in [1.165, 1.54) is 35.0 Å². The number of hydrogen-bond acceptors (Lipinski definition) is 6. The van der Waals surface area contributed by atoms with Crippen molar-refractivity contribution in [2.24, 2.45) is 0 Å². The predicted octanol–water partition coefficient (Wildman–Crippen LogP) is 1.65. The van der Waals surface area contributed by atoms with Crippen LogP contribution in [0.15, 0.2) is 58.1 Å². The van der Waals surface area contributed by atoms with Gasteiger partial charge >= 0.3 is 0 Å². The molecule has 1 aliphatic rings. The average molecular weight is 482 g/mol. The van der Waals surface area contributed by atoms with Gasteiger partial charge in [-0.25, -0.2) is 25.9 Å². The second-order valence-corrected chi connectivity index (χ2v) is 11.5. The maximum Gasteiger partial charge on any atom is 0.246 e. The first kappa shape index (κ1) is 24.2. The molecule has 32 heavy (non-hydrogen) atoms. The van der Waals surface area contributed by atoms with E-state index < -0.39 is 20.0 Å². The topological polar surface area (TPSA) is 117 Å². The second-order valence-electron chi connectivity index (χ2n) is 7.64. The van der Waals surface area contributed by atoms with Crippen LogP contribution in [0.3, 0.4) is 0 Å². The summed E-state index contributed by atoms with van der Waals surface area (Å²) in [6, 6.07) is 9.45. The molecule has 0 radical (unpaired) electrons. The predicted molar refractivity (Wildman–Crippen MR) is 120 cm³/mol. The number of hydrogen-bond donors (Lipinski definition) is 1. The van der Waals surface area contributed by atoms with Gasteiger partial charge in [-0.15, -0.1) is 0 Å². The number of nitrogens with one attached hydrogen (secondary N) is 1. The first-order valence-electron chi connectivity index (χ1n) is 10.1. The maximum absolute atomic E-state index is 12.5. The highest BCUT2D eigenvalue weighted by Gasteiger charge is 2.28. The van der Waals surface area contributed by atoms with Crippen molar-refractivity contribution in [2.75, 3.05) is 26.4 Å². The Kier molecular flexibility index (Phi) is 7.55. The van der Waals surface area contributed by atoms with Crippen LogP contribution >= 0.6 is 0 Å². The number of rotatable bonds is 8. The number of piperidine rings is 1. The van der Waals surface area contributed by atoms with Crippen molar-refractivity contribution in [3.8, 4) is 0 Å². The van der Waals surface area contributed by atoms with Crippen molar-refractivity contribution in [3.05, 3.63) is 60.1 Å². The lowest BCUT2D eigenvalue weighted by molar-refractivity contribution is -0.127. The number of furan rings is 1. The Morgan fingerprint density at radius 3 is 2.38 bits per heavy atom.